The number of benzene rings is 3. The number of carboxylic acids is 1. The van der Waals surface area contributed by atoms with Crippen LogP contribution in [-0.2, 0) is 0 Å². The second-order valence-corrected chi connectivity index (χ2v) is 7.21. The van der Waals surface area contributed by atoms with Crippen LogP contribution in [0.3, 0.4) is 0 Å². The summed E-state index contributed by atoms with van der Waals surface area (Å²) in [6.45, 7) is 1.99. The van der Waals surface area contributed by atoms with Crippen molar-refractivity contribution < 1.29 is 19.7 Å². The van der Waals surface area contributed by atoms with Crippen molar-refractivity contribution in [3.05, 3.63) is 77.4 Å². The number of aromatic carboxylic acids is 1. The highest BCUT2D eigenvalue weighted by Crippen LogP contribution is 2.34. The molecule has 0 fully saturated rings. The van der Waals surface area contributed by atoms with Crippen LogP contribution in [0.25, 0.3) is 0 Å². The third-order valence-corrected chi connectivity index (χ3v) is 4.59. The number of phenols is 1. The Morgan fingerprint density at radius 2 is 1.82 bits per heavy atom. The van der Waals surface area contributed by atoms with Crippen LogP contribution in [-0.4, -0.2) is 34.6 Å². The van der Waals surface area contributed by atoms with Crippen LogP contribution in [0.1, 0.15) is 21.5 Å². The molecule has 4 N–H and O–H groups in total. The van der Waals surface area contributed by atoms with Gasteiger partial charge < -0.3 is 20.3 Å². The number of rotatable bonds is 7. The van der Waals surface area contributed by atoms with Crippen molar-refractivity contribution in [2.45, 2.75) is 6.92 Å². The van der Waals surface area contributed by atoms with Crippen molar-refractivity contribution >= 4 is 46.6 Å². The van der Waals surface area contributed by atoms with E-state index in [9.17, 15) is 15.0 Å². The smallest absolute Gasteiger partial charge is 0.337 e. The van der Waals surface area contributed by atoms with Gasteiger partial charge in [-0.05, 0) is 49.5 Å². The monoisotopic (exact) mass is 463 g/mol. The Labute approximate surface area is 195 Å². The van der Waals surface area contributed by atoms with Crippen LogP contribution in [0.5, 0.6) is 11.5 Å². The van der Waals surface area contributed by atoms with Crippen molar-refractivity contribution in [3.8, 4) is 11.5 Å². The zero-order chi connectivity index (χ0) is 23.8. The minimum atomic E-state index is -1.11. The third-order valence-electron chi connectivity index (χ3n) is 4.40. The van der Waals surface area contributed by atoms with Crippen molar-refractivity contribution in [1.29, 1.82) is 0 Å². The number of azo groups is 1. The maximum Gasteiger partial charge on any atom is 0.337 e. The van der Waals surface area contributed by atoms with E-state index in [0.29, 0.717) is 11.3 Å². The fraction of sp³-hybridized carbons (Fsp3) is 0.0870. The van der Waals surface area contributed by atoms with E-state index in [4.69, 9.17) is 17.0 Å². The Morgan fingerprint density at radius 3 is 2.52 bits per heavy atom. The fourth-order valence-corrected chi connectivity index (χ4v) is 2.91. The number of hydrazone groups is 1. The molecule has 0 amide bonds. The summed E-state index contributed by atoms with van der Waals surface area (Å²) in [5, 5.41) is 35.1. The van der Waals surface area contributed by atoms with Crippen LogP contribution >= 0.6 is 12.2 Å². The first-order valence-corrected chi connectivity index (χ1v) is 10.1. The highest BCUT2D eigenvalue weighted by atomic mass is 32.1. The topological polar surface area (TPSA) is 128 Å². The maximum atomic E-state index is 11.3. The molecule has 0 aromatic heterocycles. The van der Waals surface area contributed by atoms with Crippen molar-refractivity contribution in [2.75, 3.05) is 12.4 Å². The summed E-state index contributed by atoms with van der Waals surface area (Å²) < 4.78 is 5.19. The molecule has 0 saturated heterocycles. The minimum absolute atomic E-state index is 0.0209. The molecule has 0 atom stereocenters. The Kier molecular flexibility index (Phi) is 7.66. The summed E-state index contributed by atoms with van der Waals surface area (Å²) in [7, 11) is 1.40. The van der Waals surface area contributed by atoms with Gasteiger partial charge in [-0.2, -0.15) is 10.2 Å². The van der Waals surface area contributed by atoms with Crippen LogP contribution in [0, 0.1) is 6.92 Å². The number of anilines is 1. The highest BCUT2D eigenvalue weighted by molar-refractivity contribution is 7.80. The van der Waals surface area contributed by atoms with Crippen molar-refractivity contribution in [1.82, 2.24) is 5.43 Å². The van der Waals surface area contributed by atoms with Crippen LogP contribution in [0.4, 0.5) is 17.1 Å². The molecule has 33 heavy (non-hydrogen) atoms. The molecule has 3 aromatic carbocycles. The van der Waals surface area contributed by atoms with Gasteiger partial charge >= 0.3 is 5.97 Å². The first kappa shape index (κ1) is 23.4. The number of nitrogens with zero attached hydrogens (tertiary/aromatic N) is 3. The number of methoxy groups -OCH3 is 1. The first-order valence-electron chi connectivity index (χ1n) is 9.69. The van der Waals surface area contributed by atoms with Gasteiger partial charge in [0.1, 0.15) is 5.69 Å². The number of nitrogens with one attached hydrogen (secondary N) is 2. The second kappa shape index (κ2) is 10.8. The molecule has 0 radical (unpaired) electrons. The molecule has 0 aliphatic heterocycles. The van der Waals surface area contributed by atoms with E-state index in [0.717, 1.165) is 11.3 Å². The Morgan fingerprint density at radius 1 is 1.09 bits per heavy atom. The SMILES string of the molecule is COc1cc(N=Nc2ccccc2C(=O)O)cc(/C=N/NC(=S)Nc2ccc(C)cc2)c1O. The van der Waals surface area contributed by atoms with E-state index in [-0.39, 0.29) is 27.9 Å². The molecule has 3 rings (SSSR count). The number of ether oxygens (including phenoxy) is 1. The van der Waals surface area contributed by atoms with Gasteiger partial charge in [0.25, 0.3) is 0 Å². The molecule has 0 heterocycles. The van der Waals surface area contributed by atoms with E-state index in [1.807, 2.05) is 31.2 Å². The summed E-state index contributed by atoms with van der Waals surface area (Å²) in [4.78, 5) is 11.3. The van der Waals surface area contributed by atoms with Gasteiger partial charge in [-0.1, -0.05) is 29.8 Å². The van der Waals surface area contributed by atoms with Crippen molar-refractivity contribution in [2.24, 2.45) is 15.3 Å². The van der Waals surface area contributed by atoms with E-state index in [2.05, 4.69) is 26.1 Å². The van der Waals surface area contributed by atoms with E-state index in [1.165, 1.54) is 31.5 Å². The number of carboxylic acid groups (broad SMARTS) is 1. The van der Waals surface area contributed by atoms with E-state index in [1.54, 1.807) is 18.2 Å². The zero-order valence-electron chi connectivity index (χ0n) is 17.8. The zero-order valence-corrected chi connectivity index (χ0v) is 18.6. The molecule has 10 heteroatoms. The first-order chi connectivity index (χ1) is 15.9. The number of thiocarbonyl (C=S) groups is 1. The predicted molar refractivity (Wildman–Crippen MR) is 130 cm³/mol. The lowest BCUT2D eigenvalue weighted by Gasteiger charge is -2.09. The molecule has 0 aliphatic rings. The standard InChI is InChI=1S/C23H21N5O4S/c1-14-7-9-16(10-8-14)25-23(33)28-24-13-15-11-17(12-20(32-2)21(15)29)26-27-19-6-4-3-5-18(19)22(30)31/h3-13,29H,1-2H3,(H,30,31)(H2,25,28,33)/b24-13+,27-26?. The van der Waals surface area contributed by atoms with Gasteiger partial charge in [0.2, 0.25) is 0 Å². The Balaban J connectivity index is 1.77. The molecule has 3 aromatic rings. The molecular formula is C23H21N5O4S. The maximum absolute atomic E-state index is 11.3. The number of hydrogen-bond acceptors (Lipinski definition) is 7. The van der Waals surface area contributed by atoms with Gasteiger partial charge in [0.05, 0.1) is 24.6 Å². The van der Waals surface area contributed by atoms with Gasteiger partial charge in [0.15, 0.2) is 16.6 Å². The molecule has 0 spiro atoms. The molecule has 0 bridgehead atoms. The van der Waals surface area contributed by atoms with Gasteiger partial charge in [-0.15, -0.1) is 5.11 Å². The normalized spacial score (nSPS) is 11.0. The molecule has 0 unspecified atom stereocenters. The highest BCUT2D eigenvalue weighted by Gasteiger charge is 2.11. The second-order valence-electron chi connectivity index (χ2n) is 6.80. The lowest BCUT2D eigenvalue weighted by molar-refractivity contribution is 0.0697. The Bertz CT molecular complexity index is 1230. The third kappa shape index (κ3) is 6.34. The summed E-state index contributed by atoms with van der Waals surface area (Å²) in [6.07, 6.45) is 1.35. The predicted octanol–water partition coefficient (Wildman–Crippen LogP) is 5.14. The summed E-state index contributed by atoms with van der Waals surface area (Å²) >= 11 is 5.22. The lowest BCUT2D eigenvalue weighted by Crippen LogP contribution is -2.23. The minimum Gasteiger partial charge on any atom is -0.504 e. The van der Waals surface area contributed by atoms with Gasteiger partial charge in [-0.25, -0.2) is 4.79 Å². The van der Waals surface area contributed by atoms with E-state index >= 15 is 0 Å². The van der Waals surface area contributed by atoms with Crippen molar-refractivity contribution in [3.63, 3.8) is 0 Å². The number of phenolic OH excluding ortho intramolecular Hbond substituents is 1. The number of hydrogen-bond donors (Lipinski definition) is 4. The van der Waals surface area contributed by atoms with Crippen LogP contribution in [0.15, 0.2) is 76.0 Å². The van der Waals surface area contributed by atoms with Crippen LogP contribution < -0.4 is 15.5 Å². The fourth-order valence-electron chi connectivity index (χ4n) is 2.74. The number of aromatic hydroxyl groups is 1. The Hall–Kier alpha value is -4.31. The van der Waals surface area contributed by atoms with E-state index < -0.39 is 5.97 Å². The van der Waals surface area contributed by atoms with Gasteiger partial charge in [-0.3, -0.25) is 5.43 Å². The number of aryl methyl sites for hydroxylation is 1. The summed E-state index contributed by atoms with van der Waals surface area (Å²) in [6, 6.07) is 16.9. The molecular weight excluding hydrogens is 442 g/mol. The average Bonchev–Trinajstić information content (AvgIpc) is 2.80. The molecule has 0 aliphatic carbocycles. The lowest BCUT2D eigenvalue weighted by atomic mass is 10.1. The average molecular weight is 464 g/mol. The summed E-state index contributed by atoms with van der Waals surface area (Å²) in [5.74, 6) is -1.10. The van der Waals surface area contributed by atoms with Gasteiger partial charge in [0, 0.05) is 17.3 Å². The number of carbonyl (C=O) groups is 1. The molecule has 0 saturated carbocycles. The van der Waals surface area contributed by atoms with Crippen LogP contribution in [0.2, 0.25) is 0 Å². The summed E-state index contributed by atoms with van der Waals surface area (Å²) in [5.41, 5.74) is 5.45. The molecule has 9 nitrogen and oxygen atoms in total. The largest absolute Gasteiger partial charge is 0.504 e. The molecule has 168 valence electrons. The quantitative estimate of drug-likeness (QED) is 0.165.